The maximum atomic E-state index is 12.6. The molecule has 0 saturated carbocycles. The molecule has 1 N–H and O–H groups in total. The number of carbonyl (C=O) groups is 3. The third kappa shape index (κ3) is 5.99. The van der Waals surface area contributed by atoms with Crippen molar-refractivity contribution in [3.05, 3.63) is 83.1 Å². The lowest BCUT2D eigenvalue weighted by Gasteiger charge is -2.06. The van der Waals surface area contributed by atoms with Crippen LogP contribution in [0.4, 0.5) is 5.69 Å². The Bertz CT molecular complexity index is 1260. The number of ether oxygens (including phenoxy) is 2. The summed E-state index contributed by atoms with van der Waals surface area (Å²) in [6, 6.07) is 18.1. The van der Waals surface area contributed by atoms with Crippen LogP contribution in [-0.4, -0.2) is 31.1 Å². The van der Waals surface area contributed by atoms with E-state index in [1.54, 1.807) is 68.4 Å². The fourth-order valence-electron chi connectivity index (χ4n) is 3.00. The van der Waals surface area contributed by atoms with Crippen LogP contribution in [0.1, 0.15) is 40.3 Å². The van der Waals surface area contributed by atoms with Crippen LogP contribution in [0.3, 0.4) is 0 Å². The highest BCUT2D eigenvalue weighted by Gasteiger charge is 2.14. The van der Waals surface area contributed by atoms with Crippen molar-refractivity contribution in [2.75, 3.05) is 18.5 Å². The summed E-state index contributed by atoms with van der Waals surface area (Å²) in [5, 5.41) is 12.1. The lowest BCUT2D eigenvalue weighted by molar-refractivity contribution is -0.112. The number of nitrogens with zero attached hydrogens (tertiary/aromatic N) is 1. The number of benzene rings is 2. The standard InChI is InChI=1S/C26H22N2O6/c1-3-32-25(30)18-10-8-17(9-11-18)23-13-12-22(34-23)15-20(16-27)24(29)28-21-7-5-6-19(14-21)26(31)33-4-2/h5-15H,3-4H2,1-2H3,(H,28,29)/b20-15+. The molecule has 3 aromatic rings. The number of nitriles is 1. The maximum Gasteiger partial charge on any atom is 0.338 e. The van der Waals surface area contributed by atoms with E-state index in [0.29, 0.717) is 34.9 Å². The lowest BCUT2D eigenvalue weighted by atomic mass is 10.1. The second-order valence-electron chi connectivity index (χ2n) is 6.93. The number of nitrogens with one attached hydrogen (secondary N) is 1. The van der Waals surface area contributed by atoms with Gasteiger partial charge in [0.2, 0.25) is 0 Å². The predicted molar refractivity (Wildman–Crippen MR) is 125 cm³/mol. The third-order valence-corrected chi connectivity index (χ3v) is 4.59. The Kier molecular flexibility index (Phi) is 7.97. The summed E-state index contributed by atoms with van der Waals surface area (Å²) >= 11 is 0. The minimum Gasteiger partial charge on any atom is -0.462 e. The van der Waals surface area contributed by atoms with Crippen LogP contribution in [0.5, 0.6) is 0 Å². The van der Waals surface area contributed by atoms with E-state index in [2.05, 4.69) is 5.32 Å². The molecular weight excluding hydrogens is 436 g/mol. The molecule has 0 bridgehead atoms. The predicted octanol–water partition coefficient (Wildman–Crippen LogP) is 4.85. The zero-order valence-corrected chi connectivity index (χ0v) is 18.7. The van der Waals surface area contributed by atoms with E-state index >= 15 is 0 Å². The molecule has 0 saturated heterocycles. The summed E-state index contributed by atoms with van der Waals surface area (Å²) in [5.41, 5.74) is 1.59. The Morgan fingerprint density at radius 1 is 0.941 bits per heavy atom. The van der Waals surface area contributed by atoms with Gasteiger partial charge in [0.05, 0.1) is 24.3 Å². The highest BCUT2D eigenvalue weighted by molar-refractivity contribution is 6.09. The molecule has 2 aromatic carbocycles. The minimum atomic E-state index is -0.653. The van der Waals surface area contributed by atoms with E-state index in [9.17, 15) is 19.6 Å². The molecule has 1 amide bonds. The van der Waals surface area contributed by atoms with E-state index in [4.69, 9.17) is 13.9 Å². The molecule has 8 nitrogen and oxygen atoms in total. The molecule has 0 aliphatic carbocycles. The molecule has 0 fully saturated rings. The molecular formula is C26H22N2O6. The van der Waals surface area contributed by atoms with Crippen LogP contribution in [0.25, 0.3) is 17.4 Å². The van der Waals surface area contributed by atoms with E-state index in [-0.39, 0.29) is 17.7 Å². The van der Waals surface area contributed by atoms with Crippen molar-refractivity contribution in [2.24, 2.45) is 0 Å². The van der Waals surface area contributed by atoms with Crippen molar-refractivity contribution in [3.8, 4) is 17.4 Å². The van der Waals surface area contributed by atoms with Crippen molar-refractivity contribution in [1.82, 2.24) is 0 Å². The quantitative estimate of drug-likeness (QED) is 0.291. The van der Waals surface area contributed by atoms with Crippen LogP contribution >= 0.6 is 0 Å². The van der Waals surface area contributed by atoms with Crippen molar-refractivity contribution in [2.45, 2.75) is 13.8 Å². The smallest absolute Gasteiger partial charge is 0.338 e. The highest BCUT2D eigenvalue weighted by Crippen LogP contribution is 2.24. The maximum absolute atomic E-state index is 12.6. The first-order valence-electron chi connectivity index (χ1n) is 10.5. The van der Waals surface area contributed by atoms with E-state index in [1.165, 1.54) is 12.1 Å². The van der Waals surface area contributed by atoms with Crippen molar-refractivity contribution in [3.63, 3.8) is 0 Å². The van der Waals surface area contributed by atoms with Crippen LogP contribution in [0.2, 0.25) is 0 Å². The normalized spacial score (nSPS) is 10.8. The number of anilines is 1. The first kappa shape index (κ1) is 24.0. The Morgan fingerprint density at radius 2 is 1.62 bits per heavy atom. The third-order valence-electron chi connectivity index (χ3n) is 4.59. The first-order chi connectivity index (χ1) is 16.4. The van der Waals surface area contributed by atoms with Crippen LogP contribution in [0.15, 0.2) is 70.7 Å². The van der Waals surface area contributed by atoms with Gasteiger partial charge in [-0.3, -0.25) is 4.79 Å². The number of furan rings is 1. The average Bonchev–Trinajstić information content (AvgIpc) is 3.31. The summed E-state index contributed by atoms with van der Waals surface area (Å²) in [6.07, 6.45) is 1.32. The number of esters is 2. The SMILES string of the molecule is CCOC(=O)c1ccc(-c2ccc(/C=C(\C#N)C(=O)Nc3cccc(C(=O)OCC)c3)o2)cc1. The summed E-state index contributed by atoms with van der Waals surface area (Å²) in [4.78, 5) is 36.2. The molecule has 34 heavy (non-hydrogen) atoms. The monoisotopic (exact) mass is 458 g/mol. The molecule has 8 heteroatoms. The molecule has 0 atom stereocenters. The molecule has 1 heterocycles. The van der Waals surface area contributed by atoms with Crippen molar-refractivity contribution < 1.29 is 28.3 Å². The number of hydrogen-bond acceptors (Lipinski definition) is 7. The highest BCUT2D eigenvalue weighted by atomic mass is 16.5. The van der Waals surface area contributed by atoms with Gasteiger partial charge in [-0.1, -0.05) is 18.2 Å². The topological polar surface area (TPSA) is 119 Å². The Balaban J connectivity index is 1.73. The molecule has 3 rings (SSSR count). The van der Waals surface area contributed by atoms with Gasteiger partial charge in [0, 0.05) is 17.3 Å². The van der Waals surface area contributed by atoms with E-state index in [1.807, 2.05) is 6.07 Å². The number of rotatable bonds is 8. The minimum absolute atomic E-state index is 0.180. The average molecular weight is 458 g/mol. The first-order valence-corrected chi connectivity index (χ1v) is 10.5. The number of carbonyl (C=O) groups excluding carboxylic acids is 3. The van der Waals surface area contributed by atoms with Gasteiger partial charge in [0.1, 0.15) is 23.2 Å². The fraction of sp³-hybridized carbons (Fsp3) is 0.154. The van der Waals surface area contributed by atoms with Gasteiger partial charge >= 0.3 is 11.9 Å². The van der Waals surface area contributed by atoms with Crippen LogP contribution in [-0.2, 0) is 14.3 Å². The van der Waals surface area contributed by atoms with Gasteiger partial charge in [-0.25, -0.2) is 9.59 Å². The van der Waals surface area contributed by atoms with Crippen LogP contribution < -0.4 is 5.32 Å². The summed E-state index contributed by atoms with van der Waals surface area (Å²) < 4.78 is 15.7. The summed E-state index contributed by atoms with van der Waals surface area (Å²) in [5.74, 6) is -0.763. The second-order valence-corrected chi connectivity index (χ2v) is 6.93. The number of hydrogen-bond donors (Lipinski definition) is 1. The van der Waals surface area contributed by atoms with Gasteiger partial charge in [0.25, 0.3) is 5.91 Å². The second kappa shape index (κ2) is 11.3. The van der Waals surface area contributed by atoms with Crippen molar-refractivity contribution >= 4 is 29.6 Å². The van der Waals surface area contributed by atoms with E-state index < -0.39 is 17.8 Å². The molecule has 1 aromatic heterocycles. The largest absolute Gasteiger partial charge is 0.462 e. The molecule has 172 valence electrons. The van der Waals surface area contributed by atoms with Gasteiger partial charge in [-0.05, 0) is 56.3 Å². The molecule has 0 aliphatic rings. The van der Waals surface area contributed by atoms with Gasteiger partial charge in [-0.15, -0.1) is 0 Å². The lowest BCUT2D eigenvalue weighted by Crippen LogP contribution is -2.14. The van der Waals surface area contributed by atoms with Gasteiger partial charge < -0.3 is 19.2 Å². The summed E-state index contributed by atoms with van der Waals surface area (Å²) in [6.45, 7) is 3.96. The van der Waals surface area contributed by atoms with Crippen LogP contribution in [0, 0.1) is 11.3 Å². The van der Waals surface area contributed by atoms with Crippen molar-refractivity contribution in [1.29, 1.82) is 5.26 Å². The van der Waals surface area contributed by atoms with Gasteiger partial charge in [0.15, 0.2) is 0 Å². The summed E-state index contributed by atoms with van der Waals surface area (Å²) in [7, 11) is 0. The zero-order valence-electron chi connectivity index (χ0n) is 18.7. The Labute approximate surface area is 196 Å². The number of amides is 1. The Hall–Kier alpha value is -4.64. The van der Waals surface area contributed by atoms with Gasteiger partial charge in [-0.2, -0.15) is 5.26 Å². The molecule has 0 unspecified atom stereocenters. The fourth-order valence-corrected chi connectivity index (χ4v) is 3.00. The molecule has 0 aliphatic heterocycles. The Morgan fingerprint density at radius 3 is 2.26 bits per heavy atom. The van der Waals surface area contributed by atoms with E-state index in [0.717, 1.165) is 0 Å². The molecule has 0 radical (unpaired) electrons. The zero-order chi connectivity index (χ0) is 24.5. The molecule has 0 spiro atoms.